The van der Waals surface area contributed by atoms with Crippen LogP contribution >= 0.6 is 0 Å². The van der Waals surface area contributed by atoms with Crippen molar-refractivity contribution < 1.29 is 13.9 Å². The van der Waals surface area contributed by atoms with E-state index < -0.39 is 5.72 Å². The van der Waals surface area contributed by atoms with Gasteiger partial charge in [-0.2, -0.15) is 0 Å². The van der Waals surface area contributed by atoms with Crippen LogP contribution in [-0.2, 0) is 0 Å². The fraction of sp³-hybridized carbons (Fsp3) is 0.222. The molecule has 0 atom stereocenters. The van der Waals surface area contributed by atoms with E-state index in [1.165, 1.54) is 12.1 Å². The Morgan fingerprint density at radius 1 is 1.18 bits per heavy atom. The van der Waals surface area contributed by atoms with E-state index in [-0.39, 0.29) is 18.0 Å². The second kappa shape index (κ2) is 5.37. The molecule has 2 aromatic carbocycles. The molecular weight excluding hydrogens is 281 g/mol. The maximum absolute atomic E-state index is 13.5. The summed E-state index contributed by atoms with van der Waals surface area (Å²) >= 11 is 0. The molecule has 2 aromatic rings. The number of ether oxygens (including phenoxy) is 1. The molecule has 0 saturated carbocycles. The van der Waals surface area contributed by atoms with Crippen LogP contribution in [0.5, 0.6) is 5.75 Å². The average molecular weight is 297 g/mol. The van der Waals surface area contributed by atoms with E-state index >= 15 is 0 Å². The van der Waals surface area contributed by atoms with Gasteiger partial charge in [0.2, 0.25) is 0 Å². The molecule has 112 valence electrons. The molecule has 22 heavy (non-hydrogen) atoms. The summed E-state index contributed by atoms with van der Waals surface area (Å²) in [4.78, 5) is 16.9. The Bertz CT molecular complexity index is 751. The van der Waals surface area contributed by atoms with Gasteiger partial charge in [-0.1, -0.05) is 30.3 Å². The highest BCUT2D eigenvalue weighted by Crippen LogP contribution is 2.32. The number of ketones is 1. The number of fused-ring (bicyclic) bond motifs is 1. The van der Waals surface area contributed by atoms with Crippen molar-refractivity contribution in [1.29, 1.82) is 0 Å². The lowest BCUT2D eigenvalue weighted by atomic mass is 9.98. The minimum atomic E-state index is -0.767. The maximum atomic E-state index is 13.5. The van der Waals surface area contributed by atoms with Gasteiger partial charge < -0.3 is 4.74 Å². The zero-order valence-corrected chi connectivity index (χ0v) is 12.5. The smallest absolute Gasteiger partial charge is 0.194 e. The molecule has 1 heterocycles. The molecule has 3 nitrogen and oxygen atoms in total. The SMILES string of the molecule is CC1(C)N=C(CC(=O)c2ccccc2)c2cc(F)ccc2O1. The molecule has 0 saturated heterocycles. The van der Waals surface area contributed by atoms with Gasteiger partial charge in [-0.05, 0) is 32.0 Å². The molecule has 4 heteroatoms. The van der Waals surface area contributed by atoms with E-state index in [0.717, 1.165) is 0 Å². The minimum absolute atomic E-state index is 0.0488. The van der Waals surface area contributed by atoms with Gasteiger partial charge in [-0.25, -0.2) is 9.38 Å². The van der Waals surface area contributed by atoms with E-state index in [4.69, 9.17) is 4.74 Å². The molecule has 0 amide bonds. The van der Waals surface area contributed by atoms with Gasteiger partial charge in [0.15, 0.2) is 11.5 Å². The number of hydrogen-bond acceptors (Lipinski definition) is 3. The largest absolute Gasteiger partial charge is 0.466 e. The van der Waals surface area contributed by atoms with Gasteiger partial charge in [0, 0.05) is 11.1 Å². The van der Waals surface area contributed by atoms with E-state index in [1.807, 2.05) is 32.0 Å². The van der Waals surface area contributed by atoms with Crippen LogP contribution in [0.25, 0.3) is 0 Å². The van der Waals surface area contributed by atoms with Gasteiger partial charge >= 0.3 is 0 Å². The van der Waals surface area contributed by atoms with E-state index in [0.29, 0.717) is 22.6 Å². The molecular formula is C18H16FNO2. The van der Waals surface area contributed by atoms with Crippen molar-refractivity contribution in [2.24, 2.45) is 4.99 Å². The van der Waals surface area contributed by atoms with Crippen LogP contribution in [0.2, 0.25) is 0 Å². The Balaban J connectivity index is 1.96. The summed E-state index contributed by atoms with van der Waals surface area (Å²) in [6, 6.07) is 13.3. The number of Topliss-reactive ketones (excluding diaryl/α,β-unsaturated/α-hetero) is 1. The Hall–Kier alpha value is -2.49. The zero-order valence-electron chi connectivity index (χ0n) is 12.5. The third-order valence-corrected chi connectivity index (χ3v) is 3.44. The summed E-state index contributed by atoms with van der Waals surface area (Å²) in [5.74, 6) is 0.131. The number of benzene rings is 2. The quantitative estimate of drug-likeness (QED) is 0.803. The predicted molar refractivity (Wildman–Crippen MR) is 83.0 cm³/mol. The maximum Gasteiger partial charge on any atom is 0.194 e. The van der Waals surface area contributed by atoms with Crippen molar-refractivity contribution in [3.8, 4) is 5.75 Å². The first kappa shape index (κ1) is 14.4. The first-order valence-corrected chi connectivity index (χ1v) is 7.10. The molecule has 0 aromatic heterocycles. The Morgan fingerprint density at radius 3 is 2.64 bits per heavy atom. The first-order valence-electron chi connectivity index (χ1n) is 7.10. The van der Waals surface area contributed by atoms with Crippen LogP contribution < -0.4 is 4.74 Å². The summed E-state index contributed by atoms with van der Waals surface area (Å²) in [5.41, 5.74) is 0.951. The molecule has 1 aliphatic rings. The van der Waals surface area contributed by atoms with Crippen LogP contribution in [0.1, 0.15) is 36.2 Å². The Labute approximate surface area is 128 Å². The average Bonchev–Trinajstić information content (AvgIpc) is 2.48. The Kier molecular flexibility index (Phi) is 3.53. The van der Waals surface area contributed by atoms with Crippen molar-refractivity contribution in [1.82, 2.24) is 0 Å². The van der Waals surface area contributed by atoms with Crippen molar-refractivity contribution in [3.63, 3.8) is 0 Å². The standard InChI is InChI=1S/C18H16FNO2/c1-18(2)20-15(11-16(21)12-6-4-3-5-7-12)14-10-13(19)8-9-17(14)22-18/h3-10H,11H2,1-2H3. The molecule has 0 fully saturated rings. The number of nitrogens with zero attached hydrogens (tertiary/aromatic N) is 1. The first-order chi connectivity index (χ1) is 10.4. The summed E-state index contributed by atoms with van der Waals surface area (Å²) < 4.78 is 19.3. The number of aliphatic imine (C=N–C) groups is 1. The number of rotatable bonds is 3. The van der Waals surface area contributed by atoms with Crippen LogP contribution in [0.15, 0.2) is 53.5 Å². The summed E-state index contributed by atoms with van der Waals surface area (Å²) in [5, 5.41) is 0. The lowest BCUT2D eigenvalue weighted by Gasteiger charge is -2.30. The Morgan fingerprint density at radius 2 is 1.91 bits per heavy atom. The summed E-state index contributed by atoms with van der Waals surface area (Å²) in [6.07, 6.45) is 0.118. The summed E-state index contributed by atoms with van der Waals surface area (Å²) in [7, 11) is 0. The zero-order chi connectivity index (χ0) is 15.7. The molecule has 0 N–H and O–H groups in total. The number of carbonyl (C=O) groups is 1. The third-order valence-electron chi connectivity index (χ3n) is 3.44. The van der Waals surface area contributed by atoms with Gasteiger partial charge in [0.1, 0.15) is 11.6 Å². The normalized spacial score (nSPS) is 15.5. The topological polar surface area (TPSA) is 38.7 Å². The van der Waals surface area contributed by atoms with Gasteiger partial charge in [-0.3, -0.25) is 4.79 Å². The van der Waals surface area contributed by atoms with Crippen LogP contribution in [0, 0.1) is 5.82 Å². The van der Waals surface area contributed by atoms with Crippen molar-refractivity contribution >= 4 is 11.5 Å². The van der Waals surface area contributed by atoms with Gasteiger partial charge in [0.05, 0.1) is 12.1 Å². The van der Waals surface area contributed by atoms with Crippen LogP contribution in [-0.4, -0.2) is 17.2 Å². The lowest BCUT2D eigenvalue weighted by Crippen LogP contribution is -2.32. The minimum Gasteiger partial charge on any atom is -0.466 e. The van der Waals surface area contributed by atoms with E-state index in [2.05, 4.69) is 4.99 Å². The fourth-order valence-corrected chi connectivity index (χ4v) is 2.51. The molecule has 0 radical (unpaired) electrons. The fourth-order valence-electron chi connectivity index (χ4n) is 2.51. The van der Waals surface area contributed by atoms with Crippen molar-refractivity contribution in [2.75, 3.05) is 0 Å². The highest BCUT2D eigenvalue weighted by molar-refractivity contribution is 6.17. The number of halogens is 1. The molecule has 0 bridgehead atoms. The van der Waals surface area contributed by atoms with Crippen molar-refractivity contribution in [2.45, 2.75) is 26.0 Å². The lowest BCUT2D eigenvalue weighted by molar-refractivity contribution is 0.0994. The second-order valence-electron chi connectivity index (χ2n) is 5.71. The van der Waals surface area contributed by atoms with Crippen LogP contribution in [0.4, 0.5) is 4.39 Å². The molecule has 0 aliphatic carbocycles. The molecule has 3 rings (SSSR count). The number of hydrogen-bond donors (Lipinski definition) is 0. The molecule has 1 aliphatic heterocycles. The van der Waals surface area contributed by atoms with Gasteiger partial charge in [0.25, 0.3) is 0 Å². The highest BCUT2D eigenvalue weighted by atomic mass is 19.1. The van der Waals surface area contributed by atoms with Crippen molar-refractivity contribution in [3.05, 3.63) is 65.5 Å². The van der Waals surface area contributed by atoms with E-state index in [1.54, 1.807) is 18.2 Å². The highest BCUT2D eigenvalue weighted by Gasteiger charge is 2.29. The van der Waals surface area contributed by atoms with Crippen LogP contribution in [0.3, 0.4) is 0 Å². The summed E-state index contributed by atoms with van der Waals surface area (Å²) in [6.45, 7) is 3.62. The molecule has 0 unspecified atom stereocenters. The number of carbonyl (C=O) groups excluding carboxylic acids is 1. The monoisotopic (exact) mass is 297 g/mol. The molecule has 0 spiro atoms. The predicted octanol–water partition coefficient (Wildman–Crippen LogP) is 4.02. The third kappa shape index (κ3) is 2.91. The van der Waals surface area contributed by atoms with E-state index in [9.17, 15) is 9.18 Å². The van der Waals surface area contributed by atoms with Gasteiger partial charge in [-0.15, -0.1) is 0 Å². The second-order valence-corrected chi connectivity index (χ2v) is 5.71.